The summed E-state index contributed by atoms with van der Waals surface area (Å²) in [5.41, 5.74) is 17.6. The quantitative estimate of drug-likeness (QED) is 0.0518. The minimum absolute atomic E-state index is 0.0194. The van der Waals surface area contributed by atoms with Crippen LogP contribution in [0.5, 0.6) is 28.7 Å². The Labute approximate surface area is 450 Å². The molecular formula is C60H74N4O9S2. The lowest BCUT2D eigenvalue weighted by molar-refractivity contribution is -0.141. The molecule has 75 heavy (non-hydrogen) atoms. The van der Waals surface area contributed by atoms with Gasteiger partial charge in [0.05, 0.1) is 30.9 Å². The largest absolute Gasteiger partial charge is 0.508 e. The van der Waals surface area contributed by atoms with Crippen molar-refractivity contribution in [2.45, 2.75) is 139 Å². The van der Waals surface area contributed by atoms with Crippen LogP contribution in [0.4, 0.5) is 0 Å². The summed E-state index contributed by atoms with van der Waals surface area (Å²) in [5.74, 6) is 11.1. The number of fused-ring (bicyclic) bond motifs is 11. The second kappa shape index (κ2) is 22.3. The number of aliphatic hydroxyl groups excluding tert-OH is 1. The van der Waals surface area contributed by atoms with Crippen LogP contribution in [0.3, 0.4) is 0 Å². The summed E-state index contributed by atoms with van der Waals surface area (Å²) in [5, 5.41) is 46.0. The molecule has 5 aliphatic heterocycles. The third kappa shape index (κ3) is 10.2. The van der Waals surface area contributed by atoms with Crippen molar-refractivity contribution in [2.75, 3.05) is 52.1 Å². The molecule has 3 aromatic carbocycles. The first-order valence-electron chi connectivity index (χ1n) is 27.4. The Hall–Kier alpha value is -4.79. The number of ether oxygens (including phenoxy) is 5. The molecule has 5 heterocycles. The number of phenols is 2. The average molecular weight is 1060 g/mol. The fourth-order valence-corrected chi connectivity index (χ4v) is 16.6. The normalized spacial score (nSPS) is 28.5. The standard InChI is InChI=1S/C60H74N4O9S2/c1-5-37-22-38-20-34-16-18-60(25-34)26-39-23-41(67)24-50(70-4)52(39)44-13-12-43-47(30-71-33(2)66)56(73-57(43)54(44)60)53-42(10-7-11-48(38)64-59(37)61)46(28-62-27-36(29-65)17-19-69-3)55(68)58-45(53)14-15-49-51(72-58)32-75-74-31-35-8-6-9-40(21-35)63-49/h12-15,22-24,34-36,40,47,49,51,56,59,62-65,67-68H,5-6,8-10,16-21,25-32,61H2,1-4H3. The number of dihydropyridines is 1. The number of carbonyl (C=O) groups is 1. The highest BCUT2D eigenvalue weighted by molar-refractivity contribution is 8.76. The van der Waals surface area contributed by atoms with E-state index in [4.69, 9.17) is 29.4 Å². The highest BCUT2D eigenvalue weighted by Crippen LogP contribution is 2.63. The van der Waals surface area contributed by atoms with Crippen LogP contribution in [0, 0.1) is 29.6 Å². The number of hydrogen-bond acceptors (Lipinski definition) is 15. The zero-order chi connectivity index (χ0) is 52.0. The van der Waals surface area contributed by atoms with Crippen molar-refractivity contribution in [2.24, 2.45) is 23.5 Å². The number of rotatable bonds is 12. The molecule has 2 saturated carbocycles. The molecule has 0 radical (unpaired) electrons. The van der Waals surface area contributed by atoms with Gasteiger partial charge in [0.25, 0.3) is 0 Å². The molecule has 3 fully saturated rings. The average Bonchev–Trinajstić information content (AvgIpc) is 3.92. The van der Waals surface area contributed by atoms with E-state index in [0.717, 1.165) is 118 Å². The lowest BCUT2D eigenvalue weighted by Gasteiger charge is -2.39. The highest BCUT2D eigenvalue weighted by Gasteiger charge is 2.52. The predicted molar refractivity (Wildman–Crippen MR) is 296 cm³/mol. The molecular weight excluding hydrogens is 985 g/mol. The van der Waals surface area contributed by atoms with Crippen LogP contribution in [0.2, 0.25) is 0 Å². The Bertz CT molecular complexity index is 2860. The summed E-state index contributed by atoms with van der Waals surface area (Å²) >= 11 is 0. The smallest absolute Gasteiger partial charge is 0.302 e. The first-order chi connectivity index (χ1) is 36.5. The van der Waals surface area contributed by atoms with Gasteiger partial charge in [-0.3, -0.25) is 4.79 Å². The van der Waals surface area contributed by atoms with E-state index in [0.29, 0.717) is 66.7 Å². The monoisotopic (exact) mass is 1060 g/mol. The van der Waals surface area contributed by atoms with Gasteiger partial charge >= 0.3 is 5.97 Å². The number of nitrogens with one attached hydrogen (secondary N) is 3. The molecule has 8 N–H and O–H groups in total. The number of allylic oxidation sites excluding steroid dienone is 3. The molecule has 11 rings (SSSR count). The Kier molecular flexibility index (Phi) is 15.5. The van der Waals surface area contributed by atoms with E-state index >= 15 is 0 Å². The molecule has 6 bridgehead atoms. The van der Waals surface area contributed by atoms with Gasteiger partial charge in [-0.1, -0.05) is 71.2 Å². The molecule has 1 spiro atoms. The number of hydrogen-bond donors (Lipinski definition) is 7. The van der Waals surface area contributed by atoms with Gasteiger partial charge in [0.15, 0.2) is 11.5 Å². The summed E-state index contributed by atoms with van der Waals surface area (Å²) in [6.45, 7) is 4.87. The number of nitrogens with two attached hydrogens (primary N) is 1. The van der Waals surface area contributed by atoms with E-state index in [-0.39, 0.29) is 73.3 Å². The van der Waals surface area contributed by atoms with E-state index < -0.39 is 12.0 Å². The minimum Gasteiger partial charge on any atom is -0.508 e. The van der Waals surface area contributed by atoms with Crippen LogP contribution < -0.4 is 35.9 Å². The fourth-order valence-electron chi connectivity index (χ4n) is 13.9. The van der Waals surface area contributed by atoms with Crippen LogP contribution in [0.15, 0.2) is 53.3 Å². The minimum atomic E-state index is -0.710. The molecule has 400 valence electrons. The molecule has 10 atom stereocenters. The van der Waals surface area contributed by atoms with Crippen molar-refractivity contribution in [1.82, 2.24) is 16.0 Å². The summed E-state index contributed by atoms with van der Waals surface area (Å²) in [7, 11) is 7.09. The van der Waals surface area contributed by atoms with Crippen molar-refractivity contribution in [1.29, 1.82) is 0 Å². The first kappa shape index (κ1) is 52.3. The maximum Gasteiger partial charge on any atom is 0.302 e. The Morgan fingerprint density at radius 3 is 2.77 bits per heavy atom. The first-order valence-corrected chi connectivity index (χ1v) is 29.9. The zero-order valence-corrected chi connectivity index (χ0v) is 45.5. The third-order valence-corrected chi connectivity index (χ3v) is 20.1. The SMILES string of the molecule is CCC1=CC2=C(C#CCc3c(CNCC(CO)CCOC)c(O)c4c(c3C3Oc5c(ccc6c5C5(CCC(C2)C5)Cc2cc(O)cc(OC)c2-6)C3COC(C)=O)C=CC2NC3CCCC(CSSCC2O4)C3)NC1N. The number of benzene rings is 3. The maximum atomic E-state index is 13.1. The molecule has 8 aliphatic rings. The fraction of sp³-hybridized carbons (Fsp3) is 0.550. The Morgan fingerprint density at radius 1 is 1.09 bits per heavy atom. The Balaban J connectivity index is 1.16. The van der Waals surface area contributed by atoms with Gasteiger partial charge in [-0.2, -0.15) is 0 Å². The van der Waals surface area contributed by atoms with Crippen LogP contribution >= 0.6 is 21.6 Å². The number of aliphatic hydroxyl groups is 1. The Morgan fingerprint density at radius 2 is 1.96 bits per heavy atom. The van der Waals surface area contributed by atoms with Crippen molar-refractivity contribution in [3.8, 4) is 51.7 Å². The summed E-state index contributed by atoms with van der Waals surface area (Å²) in [6.07, 6.45) is 15.9. The van der Waals surface area contributed by atoms with Crippen LogP contribution in [0.1, 0.15) is 129 Å². The second-order valence-corrected chi connectivity index (χ2v) is 24.9. The summed E-state index contributed by atoms with van der Waals surface area (Å²) in [6, 6.07) is 8.15. The van der Waals surface area contributed by atoms with E-state index in [1.54, 1.807) is 20.3 Å². The number of esters is 1. The maximum absolute atomic E-state index is 13.1. The van der Waals surface area contributed by atoms with E-state index in [1.807, 2.05) is 27.7 Å². The van der Waals surface area contributed by atoms with Gasteiger partial charge < -0.3 is 60.7 Å². The molecule has 0 amide bonds. The molecule has 3 aromatic rings. The van der Waals surface area contributed by atoms with Gasteiger partial charge in [-0.15, -0.1) is 0 Å². The van der Waals surface area contributed by atoms with Gasteiger partial charge in [-0.25, -0.2) is 0 Å². The van der Waals surface area contributed by atoms with Gasteiger partial charge in [-0.05, 0) is 122 Å². The van der Waals surface area contributed by atoms with E-state index in [9.17, 15) is 20.1 Å². The van der Waals surface area contributed by atoms with Crippen LogP contribution in [-0.2, 0) is 39.1 Å². The highest BCUT2D eigenvalue weighted by atomic mass is 33.1. The van der Waals surface area contributed by atoms with Crippen molar-refractivity contribution >= 4 is 33.6 Å². The zero-order valence-electron chi connectivity index (χ0n) is 43.9. The third-order valence-electron chi connectivity index (χ3n) is 17.6. The van der Waals surface area contributed by atoms with Crippen molar-refractivity contribution in [3.63, 3.8) is 0 Å². The molecule has 13 nitrogen and oxygen atoms in total. The van der Waals surface area contributed by atoms with Gasteiger partial charge in [0, 0.05) is 109 Å². The summed E-state index contributed by atoms with van der Waals surface area (Å²) < 4.78 is 32.7. The molecule has 10 unspecified atom stereocenters. The van der Waals surface area contributed by atoms with Gasteiger partial charge in [0.2, 0.25) is 0 Å². The molecule has 15 heteroatoms. The molecule has 0 aromatic heterocycles. The number of phenolic OH excluding ortho intramolecular Hbond substituents is 2. The molecule has 3 aliphatic carbocycles. The predicted octanol–water partition coefficient (Wildman–Crippen LogP) is 9.00. The van der Waals surface area contributed by atoms with Crippen LogP contribution in [0.25, 0.3) is 17.2 Å². The summed E-state index contributed by atoms with van der Waals surface area (Å²) in [4.78, 5) is 13.0. The lowest BCUT2D eigenvalue weighted by atomic mass is 9.65. The number of aromatic hydroxyl groups is 2. The topological polar surface area (TPSA) is 186 Å². The number of methoxy groups -OCH3 is 2. The second-order valence-electron chi connectivity index (χ2n) is 22.3. The van der Waals surface area contributed by atoms with E-state index in [2.05, 4.69) is 65.1 Å². The molecule has 1 saturated heterocycles. The lowest BCUT2D eigenvalue weighted by Crippen LogP contribution is -2.49. The van der Waals surface area contributed by atoms with E-state index in [1.165, 1.54) is 19.8 Å². The van der Waals surface area contributed by atoms with Crippen molar-refractivity contribution in [3.05, 3.63) is 92.2 Å². The van der Waals surface area contributed by atoms with Crippen molar-refractivity contribution < 1.29 is 43.8 Å². The van der Waals surface area contributed by atoms with Gasteiger partial charge in [0.1, 0.15) is 36.1 Å². The number of carbonyl (C=O) groups excluding carboxylic acids is 1. The van der Waals surface area contributed by atoms with Crippen LogP contribution in [-0.4, -0.2) is 97.7 Å².